The summed E-state index contributed by atoms with van der Waals surface area (Å²) >= 11 is 1.73. The number of ether oxygens (including phenoxy) is 1. The Kier molecular flexibility index (Phi) is 4.60. The molecule has 0 unspecified atom stereocenters. The smallest absolute Gasteiger partial charge is 0.253 e. The Morgan fingerprint density at radius 3 is 3.21 bits per heavy atom. The molecule has 0 saturated carbocycles. The minimum absolute atomic E-state index is 0.0293. The highest BCUT2D eigenvalue weighted by molar-refractivity contribution is 7.07. The molecule has 0 aromatic carbocycles. The molecule has 2 aliphatic heterocycles. The number of thiophene rings is 1. The monoisotopic (exact) mass is 343 g/mol. The number of nitrogens with one attached hydrogen (secondary N) is 1. The number of likely N-dealkylation sites (tertiary alicyclic amines) is 1. The molecule has 6 heteroatoms. The second-order valence-corrected chi connectivity index (χ2v) is 7.21. The molecule has 0 bridgehead atoms. The van der Waals surface area contributed by atoms with Crippen LogP contribution in [0.15, 0.2) is 41.4 Å². The summed E-state index contributed by atoms with van der Waals surface area (Å²) in [5.41, 5.74) is 1.93. The van der Waals surface area contributed by atoms with Gasteiger partial charge in [-0.3, -0.25) is 14.7 Å². The van der Waals surface area contributed by atoms with Crippen LogP contribution < -0.4 is 5.32 Å². The van der Waals surface area contributed by atoms with E-state index in [-0.39, 0.29) is 18.1 Å². The van der Waals surface area contributed by atoms with E-state index in [1.165, 1.54) is 5.56 Å². The van der Waals surface area contributed by atoms with E-state index in [1.807, 2.05) is 0 Å². The lowest BCUT2D eigenvalue weighted by atomic mass is 10.0. The summed E-state index contributed by atoms with van der Waals surface area (Å²) in [5, 5.41) is 7.47. The van der Waals surface area contributed by atoms with Gasteiger partial charge in [-0.25, -0.2) is 0 Å². The number of hydrogen-bond acceptors (Lipinski definition) is 5. The first kappa shape index (κ1) is 15.7. The van der Waals surface area contributed by atoms with Gasteiger partial charge in [-0.2, -0.15) is 11.3 Å². The van der Waals surface area contributed by atoms with Crippen LogP contribution in [0.2, 0.25) is 0 Å². The number of hydrogen-bond donors (Lipinski definition) is 1. The highest BCUT2D eigenvalue weighted by Crippen LogP contribution is 2.30. The van der Waals surface area contributed by atoms with Crippen molar-refractivity contribution in [3.63, 3.8) is 0 Å². The molecule has 3 atom stereocenters. The fourth-order valence-corrected chi connectivity index (χ4v) is 4.39. The Balaban J connectivity index is 1.47. The number of aromatic nitrogens is 1. The van der Waals surface area contributed by atoms with Crippen LogP contribution in [0.3, 0.4) is 0 Å². The summed E-state index contributed by atoms with van der Waals surface area (Å²) in [6.07, 6.45) is 5.58. The molecule has 0 aliphatic carbocycles. The summed E-state index contributed by atoms with van der Waals surface area (Å²) in [6.45, 7) is 2.54. The minimum Gasteiger partial charge on any atom is -0.374 e. The first-order valence-electron chi connectivity index (χ1n) is 8.39. The highest BCUT2D eigenvalue weighted by Gasteiger charge is 2.44. The van der Waals surface area contributed by atoms with Crippen LogP contribution in [-0.2, 0) is 11.3 Å². The van der Waals surface area contributed by atoms with Crippen LogP contribution >= 0.6 is 11.3 Å². The Morgan fingerprint density at radius 1 is 1.46 bits per heavy atom. The van der Waals surface area contributed by atoms with Gasteiger partial charge in [-0.05, 0) is 47.4 Å². The number of pyridine rings is 1. The van der Waals surface area contributed by atoms with Crippen LogP contribution in [0, 0.1) is 0 Å². The van der Waals surface area contributed by atoms with Gasteiger partial charge in [-0.15, -0.1) is 0 Å². The van der Waals surface area contributed by atoms with Gasteiger partial charge in [-0.1, -0.05) is 0 Å². The predicted octanol–water partition coefficient (Wildman–Crippen LogP) is 2.30. The summed E-state index contributed by atoms with van der Waals surface area (Å²) in [4.78, 5) is 19.0. The molecular weight excluding hydrogens is 322 g/mol. The average Bonchev–Trinajstić information content (AvgIpc) is 3.25. The van der Waals surface area contributed by atoms with Gasteiger partial charge in [0.15, 0.2) is 0 Å². The van der Waals surface area contributed by atoms with Crippen molar-refractivity contribution in [2.24, 2.45) is 0 Å². The van der Waals surface area contributed by atoms with Crippen molar-refractivity contribution in [2.75, 3.05) is 13.2 Å². The van der Waals surface area contributed by atoms with E-state index in [4.69, 9.17) is 4.74 Å². The van der Waals surface area contributed by atoms with Gasteiger partial charge in [0.1, 0.15) is 0 Å². The molecular formula is C18H21N3O2S. The molecule has 1 N–H and O–H groups in total. The number of carbonyl (C=O) groups excluding carboxylic acids is 1. The molecule has 2 aliphatic rings. The van der Waals surface area contributed by atoms with E-state index >= 15 is 0 Å². The summed E-state index contributed by atoms with van der Waals surface area (Å²) in [5.74, 6) is -0.0709. The molecule has 2 aromatic heterocycles. The van der Waals surface area contributed by atoms with E-state index in [2.05, 4.69) is 32.0 Å². The van der Waals surface area contributed by atoms with Crippen LogP contribution in [0.4, 0.5) is 0 Å². The van der Waals surface area contributed by atoms with E-state index in [9.17, 15) is 4.79 Å². The van der Waals surface area contributed by atoms with Crippen molar-refractivity contribution in [1.82, 2.24) is 15.2 Å². The second kappa shape index (κ2) is 7.01. The highest BCUT2D eigenvalue weighted by atomic mass is 32.1. The molecule has 5 nitrogen and oxygen atoms in total. The number of carbonyl (C=O) groups is 1. The quantitative estimate of drug-likeness (QED) is 0.926. The van der Waals surface area contributed by atoms with E-state index in [0.717, 1.165) is 32.5 Å². The SMILES string of the molecule is O=C(N[C@@H]1CN(Cc2ccsc2)[C@@H]2CCCO[C@@H]21)c1cccnc1. The minimum atomic E-state index is -0.0709. The number of amides is 1. The molecule has 4 rings (SSSR count). The number of rotatable bonds is 4. The Morgan fingerprint density at radius 2 is 2.42 bits per heavy atom. The lowest BCUT2D eigenvalue weighted by Crippen LogP contribution is -2.47. The number of fused-ring (bicyclic) bond motifs is 1. The zero-order valence-corrected chi connectivity index (χ0v) is 14.2. The number of nitrogens with zero attached hydrogens (tertiary/aromatic N) is 2. The van der Waals surface area contributed by atoms with Gasteiger partial charge < -0.3 is 10.1 Å². The molecule has 24 heavy (non-hydrogen) atoms. The Labute approximate surface area is 145 Å². The van der Waals surface area contributed by atoms with Crippen molar-refractivity contribution < 1.29 is 9.53 Å². The first-order valence-corrected chi connectivity index (χ1v) is 9.33. The molecule has 0 spiro atoms. The van der Waals surface area contributed by atoms with Crippen molar-refractivity contribution >= 4 is 17.2 Å². The maximum Gasteiger partial charge on any atom is 0.253 e. The predicted molar refractivity (Wildman–Crippen MR) is 93.0 cm³/mol. The van der Waals surface area contributed by atoms with Crippen LogP contribution in [0.25, 0.3) is 0 Å². The third-order valence-corrected chi connectivity index (χ3v) is 5.57. The van der Waals surface area contributed by atoms with E-state index < -0.39 is 0 Å². The normalized spacial score (nSPS) is 26.9. The largest absolute Gasteiger partial charge is 0.374 e. The molecule has 0 radical (unpaired) electrons. The van der Waals surface area contributed by atoms with Gasteiger partial charge >= 0.3 is 0 Å². The average molecular weight is 343 g/mol. The maximum absolute atomic E-state index is 12.5. The molecule has 2 saturated heterocycles. The van der Waals surface area contributed by atoms with Gasteiger partial charge in [0.2, 0.25) is 0 Å². The zero-order valence-electron chi connectivity index (χ0n) is 13.4. The fourth-order valence-electron chi connectivity index (χ4n) is 3.73. The lowest BCUT2D eigenvalue weighted by molar-refractivity contribution is -0.0211. The van der Waals surface area contributed by atoms with E-state index in [0.29, 0.717) is 11.6 Å². The van der Waals surface area contributed by atoms with Crippen molar-refractivity contribution in [3.05, 3.63) is 52.5 Å². The summed E-state index contributed by atoms with van der Waals surface area (Å²) < 4.78 is 6.03. The molecule has 2 fully saturated rings. The molecule has 126 valence electrons. The molecule has 1 amide bonds. The third kappa shape index (κ3) is 3.22. The van der Waals surface area contributed by atoms with Crippen molar-refractivity contribution in [1.29, 1.82) is 0 Å². The maximum atomic E-state index is 12.5. The topological polar surface area (TPSA) is 54.5 Å². The van der Waals surface area contributed by atoms with Crippen LogP contribution in [0.1, 0.15) is 28.8 Å². The first-order chi connectivity index (χ1) is 11.8. The molecule has 4 heterocycles. The van der Waals surface area contributed by atoms with Crippen LogP contribution in [-0.4, -0.2) is 47.1 Å². The summed E-state index contributed by atoms with van der Waals surface area (Å²) in [7, 11) is 0. The Hall–Kier alpha value is -1.76. The van der Waals surface area contributed by atoms with Crippen molar-refractivity contribution in [2.45, 2.75) is 37.6 Å². The third-order valence-electron chi connectivity index (χ3n) is 4.84. The fraction of sp³-hybridized carbons (Fsp3) is 0.444. The summed E-state index contributed by atoms with van der Waals surface area (Å²) in [6, 6.07) is 6.16. The standard InChI is InChI=1S/C18H21N3O2S/c22-18(14-3-1-6-19-9-14)20-15-11-21(10-13-5-8-24-12-13)16-4-2-7-23-17(15)16/h1,3,5-6,8-9,12,15-17H,2,4,7,10-11H2,(H,20,22)/t15-,16-,17-/m1/s1. The lowest BCUT2D eigenvalue weighted by Gasteiger charge is -2.32. The van der Waals surface area contributed by atoms with Crippen molar-refractivity contribution in [3.8, 4) is 0 Å². The Bertz CT molecular complexity index is 677. The van der Waals surface area contributed by atoms with Gasteiger partial charge in [0.25, 0.3) is 5.91 Å². The van der Waals surface area contributed by atoms with Gasteiger partial charge in [0, 0.05) is 38.1 Å². The van der Waals surface area contributed by atoms with E-state index in [1.54, 1.807) is 35.9 Å². The zero-order chi connectivity index (χ0) is 16.4. The molecule has 2 aromatic rings. The van der Waals surface area contributed by atoms with Gasteiger partial charge in [0.05, 0.1) is 17.7 Å². The van der Waals surface area contributed by atoms with Crippen LogP contribution in [0.5, 0.6) is 0 Å². The second-order valence-electron chi connectivity index (χ2n) is 6.43.